The van der Waals surface area contributed by atoms with Crippen molar-refractivity contribution in [2.45, 2.75) is 24.6 Å². The van der Waals surface area contributed by atoms with E-state index in [1.165, 1.54) is 5.56 Å². The Kier molecular flexibility index (Phi) is 3.02. The van der Waals surface area contributed by atoms with E-state index in [1.54, 1.807) is 11.2 Å². The molecule has 3 aliphatic heterocycles. The summed E-state index contributed by atoms with van der Waals surface area (Å²) in [5.74, 6) is 1.88. The minimum atomic E-state index is -0.288. The predicted octanol–water partition coefficient (Wildman–Crippen LogP) is 1.58. The van der Waals surface area contributed by atoms with E-state index in [9.17, 15) is 0 Å². The average Bonchev–Trinajstić information content (AvgIpc) is 3.27. The second-order valence-electron chi connectivity index (χ2n) is 7.03. The first kappa shape index (κ1) is 14.1. The molecule has 1 aromatic carbocycles. The number of furan rings is 1. The van der Waals surface area contributed by atoms with Crippen molar-refractivity contribution >= 4 is 5.70 Å². The Labute approximate surface area is 141 Å². The Morgan fingerprint density at radius 3 is 2.79 bits per heavy atom. The summed E-state index contributed by atoms with van der Waals surface area (Å²) in [6.07, 6.45) is 5.99. The summed E-state index contributed by atoms with van der Waals surface area (Å²) in [6.45, 7) is 2.23. The number of rotatable bonds is 1. The van der Waals surface area contributed by atoms with Gasteiger partial charge >= 0.3 is 0 Å². The maximum Gasteiger partial charge on any atom is 0.191 e. The molecule has 1 fully saturated rings. The van der Waals surface area contributed by atoms with Gasteiger partial charge in [0.1, 0.15) is 5.75 Å². The third-order valence-electron chi connectivity index (χ3n) is 5.49. The van der Waals surface area contributed by atoms with Gasteiger partial charge in [-0.05, 0) is 24.3 Å². The maximum atomic E-state index is 6.57. The maximum absolute atomic E-state index is 6.57. The second kappa shape index (κ2) is 5.13. The molecule has 5 nitrogen and oxygen atoms in total. The smallest absolute Gasteiger partial charge is 0.191 e. The SMILES string of the molecule is C[NH+]1CCC2(CC1)Oc1ccccc1C1C=C(c3ccco3)NN12. The summed E-state index contributed by atoms with van der Waals surface area (Å²) >= 11 is 0. The number of likely N-dealkylation sites (tertiary alicyclic amines) is 1. The number of benzene rings is 1. The van der Waals surface area contributed by atoms with E-state index >= 15 is 0 Å². The predicted molar refractivity (Wildman–Crippen MR) is 90.1 cm³/mol. The standard InChI is InChI=1S/C19H21N3O2/c1-21-10-8-19(9-11-21)22-16(14-5-2-3-6-17(14)24-19)13-15(20-22)18-7-4-12-23-18/h2-7,12-13,16,20H,8-11H2,1H3/p+1. The number of quaternary nitrogens is 1. The molecule has 3 aliphatic rings. The van der Waals surface area contributed by atoms with E-state index < -0.39 is 0 Å². The Morgan fingerprint density at radius 1 is 1.17 bits per heavy atom. The van der Waals surface area contributed by atoms with Gasteiger partial charge in [-0.15, -0.1) is 0 Å². The van der Waals surface area contributed by atoms with Gasteiger partial charge in [0.2, 0.25) is 0 Å². The van der Waals surface area contributed by atoms with Crippen LogP contribution < -0.4 is 15.1 Å². The van der Waals surface area contributed by atoms with Gasteiger partial charge < -0.3 is 19.5 Å². The third kappa shape index (κ3) is 2.01. The fourth-order valence-corrected chi connectivity index (χ4v) is 4.10. The van der Waals surface area contributed by atoms with E-state index in [2.05, 4.69) is 47.8 Å². The number of para-hydroxylation sites is 1. The molecule has 0 amide bonds. The first-order chi connectivity index (χ1) is 11.8. The van der Waals surface area contributed by atoms with Crippen LogP contribution in [0.1, 0.15) is 30.2 Å². The van der Waals surface area contributed by atoms with Gasteiger partial charge in [-0.1, -0.05) is 18.2 Å². The van der Waals surface area contributed by atoms with Crippen LogP contribution in [0.5, 0.6) is 5.75 Å². The van der Waals surface area contributed by atoms with Crippen molar-refractivity contribution in [2.75, 3.05) is 20.1 Å². The summed E-state index contributed by atoms with van der Waals surface area (Å²) in [5, 5.41) is 2.31. The van der Waals surface area contributed by atoms with Crippen LogP contribution in [0.2, 0.25) is 0 Å². The number of hydrogen-bond donors (Lipinski definition) is 2. The minimum Gasteiger partial charge on any atom is -0.470 e. The van der Waals surface area contributed by atoms with Crippen LogP contribution in [0.15, 0.2) is 53.2 Å². The van der Waals surface area contributed by atoms with Crippen LogP contribution in [0, 0.1) is 0 Å². The van der Waals surface area contributed by atoms with Crippen LogP contribution in [0.3, 0.4) is 0 Å². The lowest BCUT2D eigenvalue weighted by Crippen LogP contribution is -3.11. The molecule has 1 saturated heterocycles. The molecular formula is C19H22N3O2+. The van der Waals surface area contributed by atoms with Gasteiger partial charge in [-0.25, -0.2) is 0 Å². The number of nitrogens with one attached hydrogen (secondary N) is 2. The largest absolute Gasteiger partial charge is 0.470 e. The number of fused-ring (bicyclic) bond motifs is 4. The van der Waals surface area contributed by atoms with E-state index in [-0.39, 0.29) is 11.8 Å². The lowest BCUT2D eigenvalue weighted by molar-refractivity contribution is -0.888. The molecule has 0 bridgehead atoms. The van der Waals surface area contributed by atoms with Crippen LogP contribution in [-0.4, -0.2) is 30.9 Å². The number of ether oxygens (including phenoxy) is 1. The summed E-state index contributed by atoms with van der Waals surface area (Å²) < 4.78 is 12.2. The first-order valence-corrected chi connectivity index (χ1v) is 8.66. The highest BCUT2D eigenvalue weighted by Gasteiger charge is 2.52. The van der Waals surface area contributed by atoms with Gasteiger partial charge in [-0.3, -0.25) is 0 Å². The molecular weight excluding hydrogens is 302 g/mol. The summed E-state index contributed by atoms with van der Waals surface area (Å²) in [5.41, 5.74) is 5.53. The quantitative estimate of drug-likeness (QED) is 0.836. The van der Waals surface area contributed by atoms with Crippen molar-refractivity contribution in [2.24, 2.45) is 0 Å². The van der Waals surface area contributed by atoms with Gasteiger partial charge in [0, 0.05) is 5.56 Å². The normalized spacial score (nSPS) is 31.8. The molecule has 0 radical (unpaired) electrons. The molecule has 5 heteroatoms. The zero-order chi connectivity index (χ0) is 16.1. The van der Waals surface area contributed by atoms with Gasteiger partial charge in [0.15, 0.2) is 11.5 Å². The molecule has 124 valence electrons. The van der Waals surface area contributed by atoms with Gasteiger partial charge in [-0.2, -0.15) is 5.01 Å². The number of hydrazine groups is 1. The van der Waals surface area contributed by atoms with Crippen molar-refractivity contribution in [1.82, 2.24) is 10.4 Å². The molecule has 1 aromatic heterocycles. The fraction of sp³-hybridized carbons (Fsp3) is 0.368. The summed E-state index contributed by atoms with van der Waals surface area (Å²) in [4.78, 5) is 1.57. The highest BCUT2D eigenvalue weighted by Crippen LogP contribution is 2.47. The van der Waals surface area contributed by atoms with E-state index in [0.29, 0.717) is 0 Å². The molecule has 24 heavy (non-hydrogen) atoms. The molecule has 5 rings (SSSR count). The minimum absolute atomic E-state index is 0.174. The third-order valence-corrected chi connectivity index (χ3v) is 5.49. The molecule has 2 N–H and O–H groups in total. The Balaban J connectivity index is 1.58. The Morgan fingerprint density at radius 2 is 2.00 bits per heavy atom. The zero-order valence-electron chi connectivity index (χ0n) is 13.8. The van der Waals surface area contributed by atoms with Crippen LogP contribution in [0.25, 0.3) is 5.70 Å². The van der Waals surface area contributed by atoms with Crippen molar-refractivity contribution in [3.63, 3.8) is 0 Å². The number of hydrogen-bond acceptors (Lipinski definition) is 4. The summed E-state index contributed by atoms with van der Waals surface area (Å²) in [6, 6.07) is 12.5. The van der Waals surface area contributed by atoms with Gasteiger partial charge in [0.25, 0.3) is 0 Å². The number of piperidine rings is 1. The molecule has 2 aromatic rings. The van der Waals surface area contributed by atoms with E-state index in [4.69, 9.17) is 9.15 Å². The summed E-state index contributed by atoms with van der Waals surface area (Å²) in [7, 11) is 2.26. The Bertz CT molecular complexity index is 776. The monoisotopic (exact) mass is 324 g/mol. The average molecular weight is 324 g/mol. The molecule has 1 unspecified atom stereocenters. The molecule has 0 saturated carbocycles. The van der Waals surface area contributed by atoms with Crippen molar-refractivity contribution in [3.8, 4) is 5.75 Å². The first-order valence-electron chi connectivity index (χ1n) is 8.66. The second-order valence-corrected chi connectivity index (χ2v) is 7.03. The lowest BCUT2D eigenvalue weighted by Gasteiger charge is -2.50. The van der Waals surface area contributed by atoms with E-state index in [1.807, 2.05) is 12.1 Å². The van der Waals surface area contributed by atoms with Crippen LogP contribution >= 0.6 is 0 Å². The van der Waals surface area contributed by atoms with Crippen LogP contribution in [-0.2, 0) is 0 Å². The molecule has 1 spiro atoms. The molecule has 1 atom stereocenters. The topological polar surface area (TPSA) is 42.1 Å². The van der Waals surface area contributed by atoms with Gasteiger partial charge in [0.05, 0.1) is 51.0 Å². The highest BCUT2D eigenvalue weighted by molar-refractivity contribution is 5.64. The van der Waals surface area contributed by atoms with Crippen molar-refractivity contribution in [3.05, 3.63) is 60.1 Å². The highest BCUT2D eigenvalue weighted by atomic mass is 16.5. The zero-order valence-corrected chi connectivity index (χ0v) is 13.8. The number of nitrogens with zero attached hydrogens (tertiary/aromatic N) is 1. The van der Waals surface area contributed by atoms with Crippen molar-refractivity contribution in [1.29, 1.82) is 0 Å². The van der Waals surface area contributed by atoms with Crippen molar-refractivity contribution < 1.29 is 14.1 Å². The molecule has 4 heterocycles. The van der Waals surface area contributed by atoms with E-state index in [0.717, 1.165) is 43.1 Å². The Hall–Kier alpha value is -2.24. The lowest BCUT2D eigenvalue weighted by atomic mass is 9.93. The fourth-order valence-electron chi connectivity index (χ4n) is 4.10. The molecule has 0 aliphatic carbocycles. The van der Waals surface area contributed by atoms with Crippen LogP contribution in [0.4, 0.5) is 0 Å².